The standard InChI is InChI=1S/C20H14ClN3O2S/c1-12-11-14-18(27-12)20(26)24(15-6-4-10-22-19(15)21)17(23-14)9-8-13-5-2-3-7-16(13)25/h2-11,25H,1H3/b9-8+. The lowest BCUT2D eigenvalue weighted by Crippen LogP contribution is -2.22. The van der Waals surface area contributed by atoms with E-state index in [-0.39, 0.29) is 16.5 Å². The average Bonchev–Trinajstić information content (AvgIpc) is 3.03. The Balaban J connectivity index is 1.98. The summed E-state index contributed by atoms with van der Waals surface area (Å²) in [6, 6.07) is 12.3. The van der Waals surface area contributed by atoms with E-state index < -0.39 is 0 Å². The van der Waals surface area contributed by atoms with E-state index in [0.717, 1.165) is 4.88 Å². The van der Waals surface area contributed by atoms with Gasteiger partial charge in [0, 0.05) is 16.6 Å². The lowest BCUT2D eigenvalue weighted by molar-refractivity contribution is 0.474. The van der Waals surface area contributed by atoms with Crippen molar-refractivity contribution in [1.82, 2.24) is 14.5 Å². The monoisotopic (exact) mass is 395 g/mol. The molecule has 0 atom stereocenters. The Labute approximate surface area is 163 Å². The van der Waals surface area contributed by atoms with E-state index in [0.29, 0.717) is 27.3 Å². The first-order valence-electron chi connectivity index (χ1n) is 8.15. The van der Waals surface area contributed by atoms with Gasteiger partial charge in [0.15, 0.2) is 5.15 Å². The van der Waals surface area contributed by atoms with Crippen LogP contribution >= 0.6 is 22.9 Å². The van der Waals surface area contributed by atoms with Gasteiger partial charge in [0.25, 0.3) is 5.56 Å². The van der Waals surface area contributed by atoms with Crippen LogP contribution in [0.3, 0.4) is 0 Å². The lowest BCUT2D eigenvalue weighted by Gasteiger charge is -2.11. The molecule has 1 aromatic carbocycles. The van der Waals surface area contributed by atoms with E-state index in [1.54, 1.807) is 48.7 Å². The Morgan fingerprint density at radius 3 is 2.78 bits per heavy atom. The molecule has 0 amide bonds. The fourth-order valence-electron chi connectivity index (χ4n) is 2.80. The smallest absolute Gasteiger partial charge is 0.276 e. The van der Waals surface area contributed by atoms with Gasteiger partial charge < -0.3 is 5.11 Å². The molecule has 0 spiro atoms. The van der Waals surface area contributed by atoms with Crippen LogP contribution < -0.4 is 5.56 Å². The molecule has 27 heavy (non-hydrogen) atoms. The van der Waals surface area contributed by atoms with Gasteiger partial charge in [0.2, 0.25) is 0 Å². The van der Waals surface area contributed by atoms with Gasteiger partial charge in [-0.05, 0) is 43.3 Å². The second kappa shape index (κ2) is 6.98. The third-order valence-electron chi connectivity index (χ3n) is 4.03. The number of pyridine rings is 1. The molecule has 0 saturated heterocycles. The molecule has 3 heterocycles. The minimum atomic E-state index is -0.204. The maximum Gasteiger partial charge on any atom is 0.276 e. The topological polar surface area (TPSA) is 68.0 Å². The Morgan fingerprint density at radius 2 is 2.00 bits per heavy atom. The molecule has 0 bridgehead atoms. The molecule has 0 aliphatic carbocycles. The van der Waals surface area contributed by atoms with Gasteiger partial charge in [0.1, 0.15) is 16.3 Å². The van der Waals surface area contributed by atoms with Gasteiger partial charge in [-0.15, -0.1) is 11.3 Å². The van der Waals surface area contributed by atoms with Crippen molar-refractivity contribution in [2.75, 3.05) is 0 Å². The third-order valence-corrected chi connectivity index (χ3v) is 5.35. The highest BCUT2D eigenvalue weighted by atomic mass is 35.5. The van der Waals surface area contributed by atoms with Gasteiger partial charge in [0.05, 0.1) is 11.2 Å². The van der Waals surface area contributed by atoms with Gasteiger partial charge in [-0.1, -0.05) is 29.8 Å². The summed E-state index contributed by atoms with van der Waals surface area (Å²) in [6.45, 7) is 1.94. The molecular weight excluding hydrogens is 382 g/mol. The summed E-state index contributed by atoms with van der Waals surface area (Å²) >= 11 is 7.64. The Hall–Kier alpha value is -2.96. The fraction of sp³-hybridized carbons (Fsp3) is 0.0500. The molecule has 0 aliphatic rings. The number of para-hydroxylation sites is 1. The van der Waals surface area contributed by atoms with Crippen molar-refractivity contribution in [1.29, 1.82) is 0 Å². The summed E-state index contributed by atoms with van der Waals surface area (Å²) < 4.78 is 2.01. The molecule has 1 N–H and O–H groups in total. The first-order valence-corrected chi connectivity index (χ1v) is 9.34. The van der Waals surface area contributed by atoms with Crippen molar-refractivity contribution in [3.05, 3.63) is 80.4 Å². The zero-order valence-corrected chi connectivity index (χ0v) is 15.8. The second-order valence-corrected chi connectivity index (χ2v) is 7.50. The number of fused-ring (bicyclic) bond motifs is 1. The Morgan fingerprint density at radius 1 is 1.19 bits per heavy atom. The van der Waals surface area contributed by atoms with Crippen LogP contribution in [-0.2, 0) is 0 Å². The van der Waals surface area contributed by atoms with Crippen molar-refractivity contribution >= 4 is 45.3 Å². The number of aromatic hydroxyl groups is 1. The fourth-order valence-corrected chi connectivity index (χ4v) is 3.88. The summed E-state index contributed by atoms with van der Waals surface area (Å²) in [4.78, 5) is 22.9. The normalized spacial score (nSPS) is 11.5. The number of thiophene rings is 1. The number of rotatable bonds is 3. The summed E-state index contributed by atoms with van der Waals surface area (Å²) in [7, 11) is 0. The highest BCUT2D eigenvalue weighted by molar-refractivity contribution is 7.18. The second-order valence-electron chi connectivity index (χ2n) is 5.89. The van der Waals surface area contributed by atoms with Crippen molar-refractivity contribution in [3.63, 3.8) is 0 Å². The van der Waals surface area contributed by atoms with Crippen LogP contribution in [0.4, 0.5) is 0 Å². The maximum atomic E-state index is 13.2. The number of halogens is 1. The minimum absolute atomic E-state index is 0.148. The van der Waals surface area contributed by atoms with E-state index in [1.807, 2.05) is 19.1 Å². The Bertz CT molecular complexity index is 1240. The first-order chi connectivity index (χ1) is 13.0. The van der Waals surface area contributed by atoms with Crippen molar-refractivity contribution in [2.24, 2.45) is 0 Å². The molecule has 0 saturated carbocycles. The number of aromatic nitrogens is 3. The number of hydrogen-bond donors (Lipinski definition) is 1. The van der Waals surface area contributed by atoms with Gasteiger partial charge in [-0.3, -0.25) is 9.36 Å². The van der Waals surface area contributed by atoms with Crippen molar-refractivity contribution in [3.8, 4) is 11.4 Å². The van der Waals surface area contributed by atoms with Crippen LogP contribution in [0.1, 0.15) is 16.3 Å². The molecular formula is C20H14ClN3O2S. The van der Waals surface area contributed by atoms with Crippen LogP contribution in [0.5, 0.6) is 5.75 Å². The summed E-state index contributed by atoms with van der Waals surface area (Å²) in [5.74, 6) is 0.554. The predicted molar refractivity (Wildman–Crippen MR) is 110 cm³/mol. The van der Waals surface area contributed by atoms with Gasteiger partial charge in [-0.2, -0.15) is 0 Å². The van der Waals surface area contributed by atoms with Gasteiger partial charge in [-0.25, -0.2) is 9.97 Å². The molecule has 5 nitrogen and oxygen atoms in total. The largest absolute Gasteiger partial charge is 0.507 e. The number of nitrogens with zero attached hydrogens (tertiary/aromatic N) is 3. The molecule has 4 aromatic rings. The molecule has 0 unspecified atom stereocenters. The maximum absolute atomic E-state index is 13.2. The predicted octanol–water partition coefficient (Wildman–Crippen LogP) is 4.68. The van der Waals surface area contributed by atoms with Crippen molar-refractivity contribution in [2.45, 2.75) is 6.92 Å². The van der Waals surface area contributed by atoms with Crippen LogP contribution in [0.25, 0.3) is 28.1 Å². The molecule has 0 radical (unpaired) electrons. The zero-order valence-electron chi connectivity index (χ0n) is 14.3. The van der Waals surface area contributed by atoms with Crippen LogP contribution in [0.15, 0.2) is 53.5 Å². The van der Waals surface area contributed by atoms with Crippen molar-refractivity contribution < 1.29 is 5.11 Å². The quantitative estimate of drug-likeness (QED) is 0.511. The van der Waals surface area contributed by atoms with E-state index in [4.69, 9.17) is 11.6 Å². The zero-order chi connectivity index (χ0) is 19.0. The van der Waals surface area contributed by atoms with Crippen LogP contribution in [-0.4, -0.2) is 19.6 Å². The molecule has 7 heteroatoms. The Kier molecular flexibility index (Phi) is 4.51. The number of phenolic OH excluding ortho intramolecular Hbond substituents is 1. The van der Waals surface area contributed by atoms with Crippen LogP contribution in [0.2, 0.25) is 5.15 Å². The highest BCUT2D eigenvalue weighted by Crippen LogP contribution is 2.25. The lowest BCUT2D eigenvalue weighted by atomic mass is 10.2. The van der Waals surface area contributed by atoms with Gasteiger partial charge >= 0.3 is 0 Å². The SMILES string of the molecule is Cc1cc2nc(/C=C/c3ccccc3O)n(-c3cccnc3Cl)c(=O)c2s1. The number of phenols is 1. The molecule has 0 fully saturated rings. The molecule has 0 aliphatic heterocycles. The van der Waals surface area contributed by atoms with E-state index in [9.17, 15) is 9.90 Å². The van der Waals surface area contributed by atoms with E-state index in [1.165, 1.54) is 15.9 Å². The number of benzene rings is 1. The summed E-state index contributed by atoms with van der Waals surface area (Å²) in [5, 5.41) is 10.2. The number of hydrogen-bond acceptors (Lipinski definition) is 5. The third kappa shape index (κ3) is 3.25. The molecule has 134 valence electrons. The summed E-state index contributed by atoms with van der Waals surface area (Å²) in [6.07, 6.45) is 4.96. The average molecular weight is 396 g/mol. The van der Waals surface area contributed by atoms with E-state index >= 15 is 0 Å². The highest BCUT2D eigenvalue weighted by Gasteiger charge is 2.15. The van der Waals surface area contributed by atoms with Crippen LogP contribution in [0, 0.1) is 6.92 Å². The minimum Gasteiger partial charge on any atom is -0.507 e. The number of aryl methyl sites for hydroxylation is 1. The summed E-state index contributed by atoms with van der Waals surface area (Å²) in [5.41, 5.74) is 1.51. The molecule has 4 rings (SSSR count). The van der Waals surface area contributed by atoms with E-state index in [2.05, 4.69) is 9.97 Å². The first kappa shape index (κ1) is 17.5. The molecule has 3 aromatic heterocycles.